The van der Waals surface area contributed by atoms with Gasteiger partial charge in [0.25, 0.3) is 0 Å². The zero-order chi connectivity index (χ0) is 20.5. The van der Waals surface area contributed by atoms with Crippen molar-refractivity contribution in [1.82, 2.24) is 24.5 Å². The largest absolute Gasteiger partial charge is 0.319 e. The number of pyridine rings is 1. The molecule has 0 unspecified atom stereocenters. The average molecular weight is 397 g/mol. The lowest BCUT2D eigenvalue weighted by Crippen LogP contribution is -2.14. The van der Waals surface area contributed by atoms with E-state index in [-0.39, 0.29) is 12.1 Å². The highest BCUT2D eigenvalue weighted by atomic mass is 19.2. The van der Waals surface area contributed by atoms with E-state index < -0.39 is 17.2 Å². The molecule has 0 fully saturated rings. The molecule has 29 heavy (non-hydrogen) atoms. The first-order valence-electron chi connectivity index (χ1n) is 9.67. The second kappa shape index (κ2) is 7.69. The van der Waals surface area contributed by atoms with Crippen molar-refractivity contribution in [3.05, 3.63) is 64.0 Å². The van der Waals surface area contributed by atoms with E-state index in [0.717, 1.165) is 31.2 Å². The maximum Gasteiger partial charge on any atom is 0.248 e. The van der Waals surface area contributed by atoms with Gasteiger partial charge >= 0.3 is 0 Å². The number of aromatic amines is 1. The van der Waals surface area contributed by atoms with E-state index in [1.54, 1.807) is 12.4 Å². The van der Waals surface area contributed by atoms with E-state index in [9.17, 15) is 13.6 Å². The van der Waals surface area contributed by atoms with Gasteiger partial charge < -0.3 is 9.55 Å². The Balaban J connectivity index is 1.88. The number of nitrogens with one attached hydrogen (secondary N) is 1. The van der Waals surface area contributed by atoms with Crippen LogP contribution in [0.5, 0.6) is 0 Å². The van der Waals surface area contributed by atoms with Crippen molar-refractivity contribution in [2.75, 3.05) is 0 Å². The molecule has 4 aromatic rings. The molecule has 3 aromatic heterocycles. The summed E-state index contributed by atoms with van der Waals surface area (Å²) in [7, 11) is 0. The number of rotatable bonds is 6. The summed E-state index contributed by atoms with van der Waals surface area (Å²) < 4.78 is 29.8. The maximum absolute atomic E-state index is 14.2. The Kier molecular flexibility index (Phi) is 5.08. The van der Waals surface area contributed by atoms with Gasteiger partial charge in [0.2, 0.25) is 5.56 Å². The molecule has 0 saturated carbocycles. The zero-order valence-electron chi connectivity index (χ0n) is 16.2. The number of benzene rings is 1. The first kappa shape index (κ1) is 19.2. The highest BCUT2D eigenvalue weighted by molar-refractivity contribution is 5.82. The molecule has 1 N–H and O–H groups in total. The van der Waals surface area contributed by atoms with Crippen LogP contribution in [0, 0.1) is 17.6 Å². The summed E-state index contributed by atoms with van der Waals surface area (Å²) in [5.41, 5.74) is 1.07. The smallest absolute Gasteiger partial charge is 0.248 e. The third-order valence-electron chi connectivity index (χ3n) is 5.41. The molecule has 150 valence electrons. The Hall–Kier alpha value is -3.16. The summed E-state index contributed by atoms with van der Waals surface area (Å²) in [6.45, 7) is 4.54. The van der Waals surface area contributed by atoms with E-state index in [0.29, 0.717) is 28.2 Å². The zero-order valence-corrected chi connectivity index (χ0v) is 16.2. The van der Waals surface area contributed by atoms with Gasteiger partial charge in [0, 0.05) is 30.3 Å². The third kappa shape index (κ3) is 3.50. The van der Waals surface area contributed by atoms with Crippen LogP contribution in [0.4, 0.5) is 8.78 Å². The van der Waals surface area contributed by atoms with Gasteiger partial charge in [-0.1, -0.05) is 26.7 Å². The normalized spacial score (nSPS) is 11.8. The van der Waals surface area contributed by atoms with Crippen LogP contribution < -0.4 is 5.56 Å². The van der Waals surface area contributed by atoms with Crippen molar-refractivity contribution in [1.29, 1.82) is 0 Å². The topological polar surface area (TPSA) is 76.5 Å². The molecule has 8 heteroatoms. The lowest BCUT2D eigenvalue weighted by atomic mass is 9.99. The van der Waals surface area contributed by atoms with E-state index in [1.807, 2.05) is 4.57 Å². The van der Waals surface area contributed by atoms with Gasteiger partial charge in [0.15, 0.2) is 22.9 Å². The van der Waals surface area contributed by atoms with Crippen LogP contribution in [0.2, 0.25) is 0 Å². The van der Waals surface area contributed by atoms with Crippen molar-refractivity contribution in [3.8, 4) is 0 Å². The first-order chi connectivity index (χ1) is 14.0. The molecule has 1 aromatic carbocycles. The molecular formula is C21H21F2N5O. The minimum absolute atomic E-state index is 0.135. The highest BCUT2D eigenvalue weighted by Crippen LogP contribution is 2.24. The summed E-state index contributed by atoms with van der Waals surface area (Å²) in [5.74, 6) is -0.795. The summed E-state index contributed by atoms with van der Waals surface area (Å²) in [4.78, 5) is 27.9. The van der Waals surface area contributed by atoms with Crippen LogP contribution in [0.25, 0.3) is 22.2 Å². The number of hydrogen-bond acceptors (Lipinski definition) is 4. The van der Waals surface area contributed by atoms with E-state index >= 15 is 0 Å². The second-order valence-electron chi connectivity index (χ2n) is 7.15. The van der Waals surface area contributed by atoms with Gasteiger partial charge in [-0.15, -0.1) is 0 Å². The van der Waals surface area contributed by atoms with Gasteiger partial charge in [-0.3, -0.25) is 4.79 Å². The van der Waals surface area contributed by atoms with Gasteiger partial charge in [0.1, 0.15) is 5.82 Å². The number of halogens is 2. The quantitative estimate of drug-likeness (QED) is 0.534. The number of aromatic nitrogens is 5. The minimum atomic E-state index is -1.06. The van der Waals surface area contributed by atoms with Gasteiger partial charge in [0.05, 0.1) is 12.1 Å². The Morgan fingerprint density at radius 2 is 1.90 bits per heavy atom. The van der Waals surface area contributed by atoms with Gasteiger partial charge in [-0.2, -0.15) is 0 Å². The third-order valence-corrected chi connectivity index (χ3v) is 5.41. The number of nitrogens with zero attached hydrogens (tertiary/aromatic N) is 4. The van der Waals surface area contributed by atoms with Crippen molar-refractivity contribution in [3.63, 3.8) is 0 Å². The van der Waals surface area contributed by atoms with Crippen LogP contribution in [0.3, 0.4) is 0 Å². The fraction of sp³-hybridized carbons (Fsp3) is 0.333. The molecule has 0 atom stereocenters. The summed E-state index contributed by atoms with van der Waals surface area (Å²) in [6, 6.07) is 3.95. The maximum atomic E-state index is 14.2. The van der Waals surface area contributed by atoms with Gasteiger partial charge in [-0.25, -0.2) is 23.7 Å². The number of fused-ring (bicyclic) bond motifs is 2. The van der Waals surface area contributed by atoms with Crippen LogP contribution >= 0.6 is 0 Å². The van der Waals surface area contributed by atoms with Crippen molar-refractivity contribution >= 4 is 22.2 Å². The van der Waals surface area contributed by atoms with E-state index in [2.05, 4.69) is 33.8 Å². The Morgan fingerprint density at radius 1 is 1.14 bits per heavy atom. The minimum Gasteiger partial charge on any atom is -0.319 e. The lowest BCUT2D eigenvalue weighted by molar-refractivity contribution is 0.470. The molecule has 6 nitrogen and oxygen atoms in total. The molecule has 0 spiro atoms. The monoisotopic (exact) mass is 397 g/mol. The standard InChI is InChI=1S/C21H21F2N5O/c1-3-12(4-2)9-16-26-20-21(25-8-7-24-20)28(16)11-13-10-17(29)27-19-14(13)5-6-15(22)18(19)23/h5-8,10,12H,3-4,9,11H2,1-2H3,(H,27,29). The molecule has 0 amide bonds. The molecule has 4 rings (SSSR count). The Morgan fingerprint density at radius 3 is 2.66 bits per heavy atom. The molecule has 0 aliphatic heterocycles. The van der Waals surface area contributed by atoms with Gasteiger partial charge in [-0.05, 0) is 23.6 Å². The molecule has 0 bridgehead atoms. The SMILES string of the molecule is CCC(CC)Cc1nc2nccnc2n1Cc1cc(=O)[nH]c2c(F)c(F)ccc12. The number of hydrogen-bond donors (Lipinski definition) is 1. The first-order valence-corrected chi connectivity index (χ1v) is 9.67. The van der Waals surface area contributed by atoms with Crippen LogP contribution in [0.15, 0.2) is 35.4 Å². The van der Waals surface area contributed by atoms with E-state index in [4.69, 9.17) is 0 Å². The fourth-order valence-corrected chi connectivity index (χ4v) is 3.69. The van der Waals surface area contributed by atoms with E-state index in [1.165, 1.54) is 12.1 Å². The average Bonchev–Trinajstić information content (AvgIpc) is 3.06. The molecule has 0 saturated heterocycles. The predicted octanol–water partition coefficient (Wildman–Crippen LogP) is 3.97. The van der Waals surface area contributed by atoms with Crippen molar-refractivity contribution < 1.29 is 8.78 Å². The fourth-order valence-electron chi connectivity index (χ4n) is 3.69. The van der Waals surface area contributed by atoms with Crippen molar-refractivity contribution in [2.45, 2.75) is 39.7 Å². The predicted molar refractivity (Wildman–Crippen MR) is 107 cm³/mol. The number of H-pyrrole nitrogens is 1. The second-order valence-corrected chi connectivity index (χ2v) is 7.15. The Labute approximate surface area is 165 Å². The van der Waals surface area contributed by atoms with Crippen LogP contribution in [-0.4, -0.2) is 24.5 Å². The summed E-state index contributed by atoms with van der Waals surface area (Å²) >= 11 is 0. The van der Waals surface area contributed by atoms with Crippen molar-refractivity contribution in [2.24, 2.45) is 5.92 Å². The summed E-state index contributed by atoms with van der Waals surface area (Å²) in [5, 5.41) is 0.447. The molecule has 3 heterocycles. The molecule has 0 aliphatic carbocycles. The van der Waals surface area contributed by atoms with Crippen LogP contribution in [0.1, 0.15) is 38.1 Å². The molecular weight excluding hydrogens is 376 g/mol. The number of imidazole rings is 1. The van der Waals surface area contributed by atoms with Crippen LogP contribution in [-0.2, 0) is 13.0 Å². The molecule has 0 radical (unpaired) electrons. The highest BCUT2D eigenvalue weighted by Gasteiger charge is 2.18. The summed E-state index contributed by atoms with van der Waals surface area (Å²) in [6.07, 6.45) is 5.95. The Bertz CT molecular complexity index is 1240. The molecule has 0 aliphatic rings. The lowest BCUT2D eigenvalue weighted by Gasteiger charge is -2.15.